The quantitative estimate of drug-likeness (QED) is 0.588. The van der Waals surface area contributed by atoms with Gasteiger partial charge in [-0.1, -0.05) is 0 Å². The molecule has 1 aromatic carbocycles. The standard InChI is InChI=1S/C10H12N2O2/c13-12(14)10-5-3-9(4-6-10)11-7-8-1-2-8/h3-6,8,11H,1-2,7H2. The van der Waals surface area contributed by atoms with E-state index in [9.17, 15) is 10.1 Å². The molecule has 0 aliphatic heterocycles. The molecule has 1 aliphatic rings. The molecule has 0 unspecified atom stereocenters. The molecule has 0 aromatic heterocycles. The van der Waals surface area contributed by atoms with Gasteiger partial charge >= 0.3 is 0 Å². The molecule has 4 heteroatoms. The third-order valence-corrected chi connectivity index (χ3v) is 2.37. The van der Waals surface area contributed by atoms with Gasteiger partial charge in [-0.25, -0.2) is 0 Å². The minimum absolute atomic E-state index is 0.141. The Hall–Kier alpha value is -1.58. The predicted octanol–water partition coefficient (Wildman–Crippen LogP) is 2.42. The molecule has 1 aromatic rings. The average molecular weight is 192 g/mol. The molecule has 0 amide bonds. The molecular formula is C10H12N2O2. The number of nitro benzene ring substituents is 1. The maximum atomic E-state index is 10.4. The van der Waals surface area contributed by atoms with Crippen molar-refractivity contribution in [1.82, 2.24) is 0 Å². The smallest absolute Gasteiger partial charge is 0.269 e. The Morgan fingerprint density at radius 1 is 1.36 bits per heavy atom. The first kappa shape index (κ1) is 8.99. The van der Waals surface area contributed by atoms with Crippen molar-refractivity contribution in [3.05, 3.63) is 34.4 Å². The van der Waals surface area contributed by atoms with Gasteiger partial charge in [0.05, 0.1) is 4.92 Å². The molecule has 0 bridgehead atoms. The maximum Gasteiger partial charge on any atom is 0.269 e. The number of nitrogens with zero attached hydrogens (tertiary/aromatic N) is 1. The zero-order valence-electron chi connectivity index (χ0n) is 7.77. The van der Waals surface area contributed by atoms with E-state index in [1.807, 2.05) is 0 Å². The summed E-state index contributed by atoms with van der Waals surface area (Å²) in [7, 11) is 0. The van der Waals surface area contributed by atoms with Crippen molar-refractivity contribution in [3.8, 4) is 0 Å². The molecular weight excluding hydrogens is 180 g/mol. The number of non-ortho nitro benzene ring substituents is 1. The van der Waals surface area contributed by atoms with E-state index in [-0.39, 0.29) is 10.6 Å². The normalized spacial score (nSPS) is 15.1. The fraction of sp³-hybridized carbons (Fsp3) is 0.400. The Labute approximate surface area is 82.1 Å². The molecule has 0 heterocycles. The number of rotatable bonds is 4. The van der Waals surface area contributed by atoms with Crippen LogP contribution in [0.2, 0.25) is 0 Å². The zero-order valence-corrected chi connectivity index (χ0v) is 7.77. The topological polar surface area (TPSA) is 55.2 Å². The van der Waals surface area contributed by atoms with E-state index in [0.717, 1.165) is 18.2 Å². The second kappa shape index (κ2) is 3.65. The van der Waals surface area contributed by atoms with Crippen molar-refractivity contribution in [2.75, 3.05) is 11.9 Å². The van der Waals surface area contributed by atoms with Gasteiger partial charge < -0.3 is 5.32 Å². The minimum atomic E-state index is -0.384. The van der Waals surface area contributed by atoms with Gasteiger partial charge in [0.2, 0.25) is 0 Å². The van der Waals surface area contributed by atoms with Crippen molar-refractivity contribution >= 4 is 11.4 Å². The summed E-state index contributed by atoms with van der Waals surface area (Å²) in [6.45, 7) is 0.984. The van der Waals surface area contributed by atoms with Crippen molar-refractivity contribution < 1.29 is 4.92 Å². The van der Waals surface area contributed by atoms with Crippen LogP contribution in [0.3, 0.4) is 0 Å². The lowest BCUT2D eigenvalue weighted by Gasteiger charge is -2.03. The first-order chi connectivity index (χ1) is 6.75. The number of hydrogen-bond acceptors (Lipinski definition) is 3. The van der Waals surface area contributed by atoms with Gasteiger partial charge in [-0.05, 0) is 30.9 Å². The van der Waals surface area contributed by atoms with Crippen molar-refractivity contribution in [2.24, 2.45) is 5.92 Å². The summed E-state index contributed by atoms with van der Waals surface area (Å²) in [5.74, 6) is 0.810. The van der Waals surface area contributed by atoms with Gasteiger partial charge in [0.1, 0.15) is 0 Å². The van der Waals surface area contributed by atoms with Crippen LogP contribution in [-0.2, 0) is 0 Å². The van der Waals surface area contributed by atoms with E-state index < -0.39 is 0 Å². The van der Waals surface area contributed by atoms with Crippen LogP contribution < -0.4 is 5.32 Å². The first-order valence-electron chi connectivity index (χ1n) is 4.74. The highest BCUT2D eigenvalue weighted by molar-refractivity contribution is 5.48. The third kappa shape index (κ3) is 2.22. The van der Waals surface area contributed by atoms with E-state index in [0.29, 0.717) is 0 Å². The van der Waals surface area contributed by atoms with E-state index in [4.69, 9.17) is 0 Å². The second-order valence-corrected chi connectivity index (χ2v) is 3.63. The highest BCUT2D eigenvalue weighted by Crippen LogP contribution is 2.29. The summed E-state index contributed by atoms with van der Waals surface area (Å²) in [6, 6.07) is 6.55. The molecule has 1 saturated carbocycles. The fourth-order valence-electron chi connectivity index (χ4n) is 1.29. The summed E-state index contributed by atoms with van der Waals surface area (Å²) in [6.07, 6.45) is 2.61. The van der Waals surface area contributed by atoms with Crippen molar-refractivity contribution in [1.29, 1.82) is 0 Å². The van der Waals surface area contributed by atoms with Crippen molar-refractivity contribution in [3.63, 3.8) is 0 Å². The van der Waals surface area contributed by atoms with Gasteiger partial charge in [0.25, 0.3) is 5.69 Å². The number of anilines is 1. The number of hydrogen-bond donors (Lipinski definition) is 1. The van der Waals surface area contributed by atoms with Crippen LogP contribution >= 0.6 is 0 Å². The lowest BCUT2D eigenvalue weighted by atomic mass is 10.3. The molecule has 0 saturated heterocycles. The Balaban J connectivity index is 1.94. The molecule has 2 rings (SSSR count). The average Bonchev–Trinajstić information content (AvgIpc) is 2.99. The summed E-state index contributed by atoms with van der Waals surface area (Å²) in [4.78, 5) is 9.99. The third-order valence-electron chi connectivity index (χ3n) is 2.37. The lowest BCUT2D eigenvalue weighted by Crippen LogP contribution is -2.02. The molecule has 0 atom stereocenters. The Morgan fingerprint density at radius 3 is 2.50 bits per heavy atom. The van der Waals surface area contributed by atoms with Crippen LogP contribution in [-0.4, -0.2) is 11.5 Å². The summed E-state index contributed by atoms with van der Waals surface area (Å²) in [5.41, 5.74) is 1.10. The second-order valence-electron chi connectivity index (χ2n) is 3.63. The zero-order chi connectivity index (χ0) is 9.97. The SMILES string of the molecule is O=[N+]([O-])c1ccc(NCC2CC2)cc1. The number of benzene rings is 1. The number of nitro groups is 1. The van der Waals surface area contributed by atoms with Crippen LogP contribution in [0, 0.1) is 16.0 Å². The van der Waals surface area contributed by atoms with E-state index in [2.05, 4.69) is 5.32 Å². The monoisotopic (exact) mass is 192 g/mol. The molecule has 4 nitrogen and oxygen atoms in total. The molecule has 0 spiro atoms. The Morgan fingerprint density at radius 2 is 2.00 bits per heavy atom. The Kier molecular flexibility index (Phi) is 2.35. The van der Waals surface area contributed by atoms with E-state index >= 15 is 0 Å². The highest BCUT2D eigenvalue weighted by atomic mass is 16.6. The minimum Gasteiger partial charge on any atom is -0.385 e. The van der Waals surface area contributed by atoms with E-state index in [1.54, 1.807) is 12.1 Å². The fourth-order valence-corrected chi connectivity index (χ4v) is 1.29. The van der Waals surface area contributed by atoms with Crippen LogP contribution in [0.15, 0.2) is 24.3 Å². The molecule has 1 aliphatic carbocycles. The summed E-state index contributed by atoms with van der Waals surface area (Å²) in [5, 5.41) is 13.6. The highest BCUT2D eigenvalue weighted by Gasteiger charge is 2.20. The van der Waals surface area contributed by atoms with Gasteiger partial charge in [-0.2, -0.15) is 0 Å². The van der Waals surface area contributed by atoms with Crippen molar-refractivity contribution in [2.45, 2.75) is 12.8 Å². The summed E-state index contributed by atoms with van der Waals surface area (Å²) >= 11 is 0. The van der Waals surface area contributed by atoms with Crippen LogP contribution in [0.5, 0.6) is 0 Å². The van der Waals surface area contributed by atoms with Crippen LogP contribution in [0.4, 0.5) is 11.4 Å². The van der Waals surface area contributed by atoms with Crippen LogP contribution in [0.1, 0.15) is 12.8 Å². The van der Waals surface area contributed by atoms with Gasteiger partial charge in [-0.15, -0.1) is 0 Å². The lowest BCUT2D eigenvalue weighted by molar-refractivity contribution is -0.384. The van der Waals surface area contributed by atoms with Crippen LogP contribution in [0.25, 0.3) is 0 Å². The molecule has 74 valence electrons. The van der Waals surface area contributed by atoms with E-state index in [1.165, 1.54) is 25.0 Å². The predicted molar refractivity (Wildman–Crippen MR) is 54.3 cm³/mol. The number of nitrogens with one attached hydrogen (secondary N) is 1. The maximum absolute atomic E-state index is 10.4. The molecule has 1 N–H and O–H groups in total. The Bertz CT molecular complexity index is 330. The van der Waals surface area contributed by atoms with Gasteiger partial charge in [-0.3, -0.25) is 10.1 Å². The molecule has 14 heavy (non-hydrogen) atoms. The summed E-state index contributed by atoms with van der Waals surface area (Å²) < 4.78 is 0. The molecule has 0 radical (unpaired) electrons. The van der Waals surface area contributed by atoms with Gasteiger partial charge in [0, 0.05) is 24.4 Å². The first-order valence-corrected chi connectivity index (χ1v) is 4.74. The largest absolute Gasteiger partial charge is 0.385 e. The molecule has 1 fully saturated rings. The van der Waals surface area contributed by atoms with Gasteiger partial charge in [0.15, 0.2) is 0 Å².